The van der Waals surface area contributed by atoms with Crippen LogP contribution in [0, 0.1) is 0 Å². The molecule has 6 nitrogen and oxygen atoms in total. The molecule has 31 heavy (non-hydrogen) atoms. The molecule has 0 aromatic heterocycles. The Morgan fingerprint density at radius 3 is 2.29 bits per heavy atom. The lowest BCUT2D eigenvalue weighted by Crippen LogP contribution is -2.48. The van der Waals surface area contributed by atoms with Gasteiger partial charge in [-0.25, -0.2) is 4.79 Å². The van der Waals surface area contributed by atoms with E-state index in [2.05, 4.69) is 29.2 Å². The Labute approximate surface area is 184 Å². The highest BCUT2D eigenvalue weighted by atomic mass is 16.6. The van der Waals surface area contributed by atoms with Gasteiger partial charge < -0.3 is 9.64 Å². The molecule has 0 radical (unpaired) electrons. The zero-order valence-electron chi connectivity index (χ0n) is 18.2. The zero-order valence-corrected chi connectivity index (χ0v) is 18.2. The second kappa shape index (κ2) is 9.96. The summed E-state index contributed by atoms with van der Waals surface area (Å²) in [6.07, 6.45) is 1.23. The number of carbonyl (C=O) groups is 2. The number of carbonyl (C=O) groups excluding carboxylic acids is 2. The van der Waals surface area contributed by atoms with Gasteiger partial charge in [-0.1, -0.05) is 60.7 Å². The standard InChI is InChI=1S/C25H31N3O3/c1-20(29)27-16-14-26(15-17-27)13-12-24(22-10-6-3-7-11-22)28-19-23(31-25(28)30)18-21-8-4-2-5-9-21/h2-11,23-24H,12-19H2,1H3. The second-order valence-corrected chi connectivity index (χ2v) is 8.41. The van der Waals surface area contributed by atoms with Gasteiger partial charge >= 0.3 is 6.09 Å². The Kier molecular flexibility index (Phi) is 6.87. The molecule has 0 aliphatic carbocycles. The van der Waals surface area contributed by atoms with Gasteiger partial charge in [0.15, 0.2) is 0 Å². The largest absolute Gasteiger partial charge is 0.444 e. The van der Waals surface area contributed by atoms with Crippen LogP contribution in [0.1, 0.15) is 30.5 Å². The molecule has 2 unspecified atom stereocenters. The van der Waals surface area contributed by atoms with Gasteiger partial charge in [0.1, 0.15) is 6.10 Å². The van der Waals surface area contributed by atoms with E-state index in [1.807, 2.05) is 46.2 Å². The van der Waals surface area contributed by atoms with Gasteiger partial charge in [0.05, 0.1) is 12.6 Å². The molecule has 2 fully saturated rings. The molecule has 2 aliphatic rings. The molecule has 0 bridgehead atoms. The molecule has 6 heteroatoms. The van der Waals surface area contributed by atoms with Gasteiger partial charge in [-0.05, 0) is 17.5 Å². The summed E-state index contributed by atoms with van der Waals surface area (Å²) < 4.78 is 5.74. The molecule has 2 aromatic rings. The summed E-state index contributed by atoms with van der Waals surface area (Å²) >= 11 is 0. The van der Waals surface area contributed by atoms with Crippen molar-refractivity contribution in [1.82, 2.24) is 14.7 Å². The fourth-order valence-electron chi connectivity index (χ4n) is 4.55. The van der Waals surface area contributed by atoms with Gasteiger partial charge in [-0.15, -0.1) is 0 Å². The van der Waals surface area contributed by atoms with Crippen molar-refractivity contribution in [3.8, 4) is 0 Å². The van der Waals surface area contributed by atoms with Crippen molar-refractivity contribution in [2.75, 3.05) is 39.3 Å². The third-order valence-corrected chi connectivity index (χ3v) is 6.31. The molecule has 0 N–H and O–H groups in total. The topological polar surface area (TPSA) is 53.1 Å². The highest BCUT2D eigenvalue weighted by Gasteiger charge is 2.37. The molecule has 4 rings (SSSR count). The Morgan fingerprint density at radius 1 is 1.00 bits per heavy atom. The van der Waals surface area contributed by atoms with Crippen molar-refractivity contribution in [2.45, 2.75) is 31.9 Å². The fraction of sp³-hybridized carbons (Fsp3) is 0.440. The van der Waals surface area contributed by atoms with Gasteiger partial charge in [0.25, 0.3) is 0 Å². The fourth-order valence-corrected chi connectivity index (χ4v) is 4.55. The van der Waals surface area contributed by atoms with E-state index in [9.17, 15) is 9.59 Å². The number of ether oxygens (including phenoxy) is 1. The van der Waals surface area contributed by atoms with Crippen molar-refractivity contribution in [3.05, 3.63) is 71.8 Å². The van der Waals surface area contributed by atoms with Crippen LogP contribution in [-0.4, -0.2) is 72.1 Å². The number of rotatable bonds is 7. The number of cyclic esters (lactones) is 1. The average molecular weight is 422 g/mol. The van der Waals surface area contributed by atoms with Crippen LogP contribution in [0.2, 0.25) is 0 Å². The molecule has 2 amide bonds. The van der Waals surface area contributed by atoms with Crippen molar-refractivity contribution in [1.29, 1.82) is 0 Å². The number of benzene rings is 2. The minimum atomic E-state index is -0.226. The first-order valence-electron chi connectivity index (χ1n) is 11.1. The minimum Gasteiger partial charge on any atom is -0.444 e. The summed E-state index contributed by atoms with van der Waals surface area (Å²) in [6.45, 7) is 6.42. The van der Waals surface area contributed by atoms with Crippen LogP contribution >= 0.6 is 0 Å². The monoisotopic (exact) mass is 421 g/mol. The van der Waals surface area contributed by atoms with Crippen LogP contribution in [0.3, 0.4) is 0 Å². The van der Waals surface area contributed by atoms with Crippen molar-refractivity contribution in [3.63, 3.8) is 0 Å². The van der Waals surface area contributed by atoms with Gasteiger partial charge in [-0.2, -0.15) is 0 Å². The third-order valence-electron chi connectivity index (χ3n) is 6.31. The van der Waals surface area contributed by atoms with Crippen molar-refractivity contribution >= 4 is 12.0 Å². The van der Waals surface area contributed by atoms with Crippen LogP contribution < -0.4 is 0 Å². The first-order valence-corrected chi connectivity index (χ1v) is 11.1. The van der Waals surface area contributed by atoms with E-state index in [0.29, 0.717) is 6.54 Å². The Morgan fingerprint density at radius 2 is 1.65 bits per heavy atom. The summed E-state index contributed by atoms with van der Waals surface area (Å²) in [5.41, 5.74) is 2.32. The first kappa shape index (κ1) is 21.4. The predicted octanol–water partition coefficient (Wildman–Crippen LogP) is 3.35. The lowest BCUT2D eigenvalue weighted by Gasteiger charge is -2.35. The van der Waals surface area contributed by atoms with Crippen LogP contribution in [0.4, 0.5) is 4.79 Å². The normalized spacial score (nSPS) is 20.5. The molecule has 0 spiro atoms. The zero-order chi connectivity index (χ0) is 21.6. The maximum atomic E-state index is 12.8. The smallest absolute Gasteiger partial charge is 0.410 e. The molecule has 164 valence electrons. The first-order chi connectivity index (χ1) is 15.1. The Balaban J connectivity index is 1.41. The maximum absolute atomic E-state index is 12.8. The lowest BCUT2D eigenvalue weighted by atomic mass is 10.0. The highest BCUT2D eigenvalue weighted by molar-refractivity contribution is 5.73. The molecule has 2 aromatic carbocycles. The van der Waals surface area contributed by atoms with E-state index in [0.717, 1.165) is 51.1 Å². The van der Waals surface area contributed by atoms with E-state index >= 15 is 0 Å². The van der Waals surface area contributed by atoms with E-state index in [1.165, 1.54) is 5.56 Å². The van der Waals surface area contributed by atoms with Crippen LogP contribution in [-0.2, 0) is 16.0 Å². The van der Waals surface area contributed by atoms with E-state index in [1.54, 1.807) is 6.92 Å². The number of hydrogen-bond acceptors (Lipinski definition) is 4. The Bertz CT molecular complexity index is 866. The molecule has 2 aliphatic heterocycles. The summed E-state index contributed by atoms with van der Waals surface area (Å²) in [6, 6.07) is 20.4. The van der Waals surface area contributed by atoms with Gasteiger partial charge in [0.2, 0.25) is 5.91 Å². The van der Waals surface area contributed by atoms with Crippen LogP contribution in [0.5, 0.6) is 0 Å². The van der Waals surface area contributed by atoms with Crippen molar-refractivity contribution < 1.29 is 14.3 Å². The van der Waals surface area contributed by atoms with Gasteiger partial charge in [0, 0.05) is 46.1 Å². The van der Waals surface area contributed by atoms with Gasteiger partial charge in [-0.3, -0.25) is 14.6 Å². The average Bonchev–Trinajstić information content (AvgIpc) is 3.15. The minimum absolute atomic E-state index is 0.0136. The summed E-state index contributed by atoms with van der Waals surface area (Å²) in [7, 11) is 0. The molecular weight excluding hydrogens is 390 g/mol. The van der Waals surface area contributed by atoms with E-state index < -0.39 is 0 Å². The molecule has 2 saturated heterocycles. The quantitative estimate of drug-likeness (QED) is 0.688. The molecular formula is C25H31N3O3. The van der Waals surface area contributed by atoms with Crippen LogP contribution in [0.15, 0.2) is 60.7 Å². The number of amides is 2. The molecule has 0 saturated carbocycles. The number of piperazine rings is 1. The number of hydrogen-bond donors (Lipinski definition) is 0. The van der Waals surface area contributed by atoms with E-state index in [4.69, 9.17) is 4.74 Å². The summed E-state index contributed by atoms with van der Waals surface area (Å²) in [5, 5.41) is 0. The number of nitrogens with zero attached hydrogens (tertiary/aromatic N) is 3. The van der Waals surface area contributed by atoms with E-state index in [-0.39, 0.29) is 24.1 Å². The summed E-state index contributed by atoms with van der Waals surface area (Å²) in [4.78, 5) is 30.6. The highest BCUT2D eigenvalue weighted by Crippen LogP contribution is 2.30. The Hall–Kier alpha value is -2.86. The molecule has 2 heterocycles. The molecule has 2 atom stereocenters. The predicted molar refractivity (Wildman–Crippen MR) is 120 cm³/mol. The SMILES string of the molecule is CC(=O)N1CCN(CCC(c2ccccc2)N2CC(Cc3ccccc3)OC2=O)CC1. The second-order valence-electron chi connectivity index (χ2n) is 8.41. The maximum Gasteiger partial charge on any atom is 0.410 e. The van der Waals surface area contributed by atoms with Crippen molar-refractivity contribution in [2.24, 2.45) is 0 Å². The van der Waals surface area contributed by atoms with Crippen LogP contribution in [0.25, 0.3) is 0 Å². The summed E-state index contributed by atoms with van der Waals surface area (Å²) in [5.74, 6) is 0.145. The lowest BCUT2D eigenvalue weighted by molar-refractivity contribution is -0.130. The third kappa shape index (κ3) is 5.44.